The van der Waals surface area contributed by atoms with Gasteiger partial charge in [0.1, 0.15) is 0 Å². The second-order valence-corrected chi connectivity index (χ2v) is 8.24. The Morgan fingerprint density at radius 1 is 1.09 bits per heavy atom. The molecule has 4 aromatic rings. The number of phenols is 2. The van der Waals surface area contributed by atoms with E-state index >= 15 is 0 Å². The lowest BCUT2D eigenvalue weighted by atomic mass is 10.2. The Bertz CT molecular complexity index is 1420. The average Bonchev–Trinajstić information content (AvgIpc) is 2.81. The van der Waals surface area contributed by atoms with Crippen molar-refractivity contribution in [2.75, 3.05) is 5.75 Å². The van der Waals surface area contributed by atoms with Gasteiger partial charge in [-0.1, -0.05) is 35.5 Å². The molecule has 0 unspecified atom stereocenters. The van der Waals surface area contributed by atoms with Crippen LogP contribution in [0.5, 0.6) is 11.5 Å². The Morgan fingerprint density at radius 2 is 1.85 bits per heavy atom. The van der Waals surface area contributed by atoms with E-state index in [1.807, 2.05) is 0 Å². The predicted molar refractivity (Wildman–Crippen MR) is 129 cm³/mol. The van der Waals surface area contributed by atoms with Crippen LogP contribution in [-0.4, -0.2) is 37.6 Å². The van der Waals surface area contributed by atoms with Crippen molar-refractivity contribution in [1.82, 2.24) is 15.0 Å². The molecule has 0 aliphatic rings. The molecule has 0 saturated carbocycles. The molecule has 0 bridgehead atoms. The number of hydrogen-bond acceptors (Lipinski definition) is 7. The van der Waals surface area contributed by atoms with Crippen molar-refractivity contribution < 1.29 is 15.0 Å². The van der Waals surface area contributed by atoms with E-state index in [2.05, 4.69) is 15.5 Å². The molecule has 1 aromatic heterocycles. The van der Waals surface area contributed by atoms with Crippen molar-refractivity contribution in [3.63, 3.8) is 0 Å². The third-order valence-corrected chi connectivity index (χ3v) is 5.76. The van der Waals surface area contributed by atoms with Gasteiger partial charge < -0.3 is 10.2 Å². The monoisotopic (exact) mass is 480 g/mol. The second kappa shape index (κ2) is 9.76. The number of thioether (sulfide) groups is 1. The first kappa shape index (κ1) is 22.4. The summed E-state index contributed by atoms with van der Waals surface area (Å²) in [5.41, 5.74) is 3.73. The van der Waals surface area contributed by atoms with Gasteiger partial charge in [0.2, 0.25) is 0 Å². The van der Waals surface area contributed by atoms with Crippen molar-refractivity contribution in [2.45, 2.75) is 5.16 Å². The number of nitrogens with one attached hydrogen (secondary N) is 1. The molecule has 33 heavy (non-hydrogen) atoms. The molecule has 166 valence electrons. The lowest BCUT2D eigenvalue weighted by Crippen LogP contribution is -2.24. The Labute approximate surface area is 197 Å². The number of fused-ring (bicyclic) bond motifs is 1. The maximum absolute atomic E-state index is 13.2. The number of aromatic hydroxyl groups is 2. The zero-order valence-corrected chi connectivity index (χ0v) is 18.5. The van der Waals surface area contributed by atoms with Gasteiger partial charge in [0, 0.05) is 5.02 Å². The molecule has 0 aliphatic carbocycles. The summed E-state index contributed by atoms with van der Waals surface area (Å²) in [7, 11) is 0. The molecule has 0 atom stereocenters. The summed E-state index contributed by atoms with van der Waals surface area (Å²) < 4.78 is 1.44. The number of hydrazone groups is 1. The van der Waals surface area contributed by atoms with E-state index in [9.17, 15) is 19.8 Å². The maximum atomic E-state index is 13.2. The number of carbonyl (C=O) groups is 1. The third kappa shape index (κ3) is 5.16. The predicted octanol–water partition coefficient (Wildman–Crippen LogP) is 3.69. The number of carbonyl (C=O) groups excluding carboxylic acids is 1. The number of rotatable bonds is 6. The molecule has 1 amide bonds. The molecule has 3 aromatic carbocycles. The van der Waals surface area contributed by atoms with Crippen LogP contribution in [0.3, 0.4) is 0 Å². The first-order chi connectivity index (χ1) is 15.9. The van der Waals surface area contributed by atoms with E-state index in [-0.39, 0.29) is 22.8 Å². The normalized spacial score (nSPS) is 11.2. The number of aromatic nitrogens is 2. The van der Waals surface area contributed by atoms with E-state index in [4.69, 9.17) is 11.6 Å². The highest BCUT2D eigenvalue weighted by Gasteiger charge is 2.14. The van der Waals surface area contributed by atoms with Gasteiger partial charge in [-0.2, -0.15) is 5.10 Å². The van der Waals surface area contributed by atoms with Crippen LogP contribution in [0.15, 0.2) is 81.8 Å². The molecular weight excluding hydrogens is 464 g/mol. The van der Waals surface area contributed by atoms with E-state index < -0.39 is 5.91 Å². The number of hydrogen-bond donors (Lipinski definition) is 3. The van der Waals surface area contributed by atoms with Crippen molar-refractivity contribution in [2.24, 2.45) is 5.10 Å². The van der Waals surface area contributed by atoms with Crippen molar-refractivity contribution in [3.05, 3.63) is 87.7 Å². The highest BCUT2D eigenvalue weighted by molar-refractivity contribution is 7.99. The van der Waals surface area contributed by atoms with E-state index in [1.54, 1.807) is 48.5 Å². The van der Waals surface area contributed by atoms with Crippen LogP contribution < -0.4 is 11.0 Å². The van der Waals surface area contributed by atoms with Gasteiger partial charge in [-0.25, -0.2) is 10.4 Å². The van der Waals surface area contributed by atoms with E-state index in [1.165, 1.54) is 29.0 Å². The standard InChI is InChI=1S/C23H17ClN4O4S/c24-15-6-8-16(9-7-15)28-22(32)17-3-1-2-4-18(17)26-23(28)33-13-21(31)27-25-12-14-5-10-19(29)20(30)11-14/h1-12,29-30H,13H2,(H,27,31)/b25-12+. The van der Waals surface area contributed by atoms with Crippen molar-refractivity contribution in [3.8, 4) is 17.2 Å². The van der Waals surface area contributed by atoms with Crippen LogP contribution in [0.1, 0.15) is 5.56 Å². The molecule has 3 N–H and O–H groups in total. The molecule has 1 heterocycles. The SMILES string of the molecule is O=C(CSc1nc2ccccc2c(=O)n1-c1ccc(Cl)cc1)N/N=C/c1ccc(O)c(O)c1. The largest absolute Gasteiger partial charge is 0.504 e. The van der Waals surface area contributed by atoms with Gasteiger partial charge in [-0.15, -0.1) is 0 Å². The maximum Gasteiger partial charge on any atom is 0.266 e. The zero-order chi connectivity index (χ0) is 23.4. The van der Waals surface area contributed by atoms with Gasteiger partial charge in [0.25, 0.3) is 11.5 Å². The smallest absolute Gasteiger partial charge is 0.266 e. The minimum atomic E-state index is -0.413. The average molecular weight is 481 g/mol. The highest BCUT2D eigenvalue weighted by atomic mass is 35.5. The summed E-state index contributed by atoms with van der Waals surface area (Å²) in [6, 6.07) is 17.9. The topological polar surface area (TPSA) is 117 Å². The number of phenolic OH excluding ortho intramolecular Hbond substituents is 2. The fraction of sp³-hybridized carbons (Fsp3) is 0.0435. The second-order valence-electron chi connectivity index (χ2n) is 6.86. The minimum absolute atomic E-state index is 0.0451. The van der Waals surface area contributed by atoms with E-state index in [0.717, 1.165) is 11.8 Å². The number of amides is 1. The fourth-order valence-corrected chi connectivity index (χ4v) is 3.92. The number of nitrogens with zero attached hydrogens (tertiary/aromatic N) is 3. The lowest BCUT2D eigenvalue weighted by Gasteiger charge is -2.13. The van der Waals surface area contributed by atoms with Gasteiger partial charge in [-0.3, -0.25) is 14.2 Å². The molecule has 0 aliphatic heterocycles. The Morgan fingerprint density at radius 3 is 2.61 bits per heavy atom. The minimum Gasteiger partial charge on any atom is -0.504 e. The van der Waals surface area contributed by atoms with Crippen LogP contribution in [0.2, 0.25) is 5.02 Å². The quantitative estimate of drug-likeness (QED) is 0.127. The van der Waals surface area contributed by atoms with Gasteiger partial charge >= 0.3 is 0 Å². The van der Waals surface area contributed by atoms with Crippen molar-refractivity contribution >= 4 is 46.4 Å². The summed E-state index contributed by atoms with van der Waals surface area (Å²) in [4.78, 5) is 30.1. The van der Waals surface area contributed by atoms with Crippen LogP contribution in [0.25, 0.3) is 16.6 Å². The first-order valence-electron chi connectivity index (χ1n) is 9.67. The molecule has 8 nitrogen and oxygen atoms in total. The lowest BCUT2D eigenvalue weighted by molar-refractivity contribution is -0.118. The summed E-state index contributed by atoms with van der Waals surface area (Å²) >= 11 is 7.08. The molecular formula is C23H17ClN4O4S. The first-order valence-corrected chi connectivity index (χ1v) is 11.0. The molecule has 0 saturated heterocycles. The van der Waals surface area contributed by atoms with Gasteiger partial charge in [0.15, 0.2) is 16.7 Å². The Kier molecular flexibility index (Phi) is 6.62. The van der Waals surface area contributed by atoms with Gasteiger partial charge in [-0.05, 0) is 60.2 Å². The number of para-hydroxylation sites is 1. The summed E-state index contributed by atoms with van der Waals surface area (Å²) in [6.07, 6.45) is 1.33. The van der Waals surface area contributed by atoms with Crippen LogP contribution in [0, 0.1) is 0 Å². The molecule has 0 fully saturated rings. The molecule has 0 spiro atoms. The van der Waals surface area contributed by atoms with Gasteiger partial charge in [0.05, 0.1) is 28.6 Å². The molecule has 0 radical (unpaired) electrons. The Balaban J connectivity index is 1.55. The zero-order valence-electron chi connectivity index (χ0n) is 17.0. The number of halogens is 1. The molecule has 10 heteroatoms. The third-order valence-electron chi connectivity index (χ3n) is 4.56. The van der Waals surface area contributed by atoms with Crippen LogP contribution >= 0.6 is 23.4 Å². The Hall–Kier alpha value is -3.82. The van der Waals surface area contributed by atoms with Crippen molar-refractivity contribution in [1.29, 1.82) is 0 Å². The summed E-state index contributed by atoms with van der Waals surface area (Å²) in [5.74, 6) is -0.994. The van der Waals surface area contributed by atoms with E-state index in [0.29, 0.717) is 32.3 Å². The van der Waals surface area contributed by atoms with Crippen LogP contribution in [0.4, 0.5) is 0 Å². The fourth-order valence-electron chi connectivity index (χ4n) is 2.99. The summed E-state index contributed by atoms with van der Waals surface area (Å²) in [6.45, 7) is 0. The molecule has 4 rings (SSSR count). The highest BCUT2D eigenvalue weighted by Crippen LogP contribution is 2.24. The number of benzene rings is 3. The van der Waals surface area contributed by atoms with Crippen LogP contribution in [-0.2, 0) is 4.79 Å². The summed E-state index contributed by atoms with van der Waals surface area (Å²) in [5, 5.41) is 24.0.